The highest BCUT2D eigenvalue weighted by molar-refractivity contribution is 7.99. The summed E-state index contributed by atoms with van der Waals surface area (Å²) in [4.78, 5) is 12.0. The van der Waals surface area contributed by atoms with Gasteiger partial charge in [0, 0.05) is 18.3 Å². The molecule has 0 aliphatic carbocycles. The molecule has 112 valence electrons. The number of rotatable bonds is 6. The molecule has 0 aliphatic heterocycles. The van der Waals surface area contributed by atoms with Crippen LogP contribution in [0.2, 0.25) is 0 Å². The summed E-state index contributed by atoms with van der Waals surface area (Å²) in [5, 5.41) is 11.7. The van der Waals surface area contributed by atoms with Crippen LogP contribution in [0.3, 0.4) is 0 Å². The average molecular weight is 306 g/mol. The summed E-state index contributed by atoms with van der Waals surface area (Å²) in [5.41, 5.74) is 0.716. The Morgan fingerprint density at radius 2 is 2.24 bits per heavy atom. The fraction of sp³-hybridized carbons (Fsp3) is 0.357. The molecule has 0 spiro atoms. The van der Waals surface area contributed by atoms with Crippen molar-refractivity contribution in [2.45, 2.75) is 25.5 Å². The minimum atomic E-state index is -0.0865. The molecule has 7 heteroatoms. The van der Waals surface area contributed by atoms with Crippen LogP contribution in [0.15, 0.2) is 29.4 Å². The van der Waals surface area contributed by atoms with Crippen molar-refractivity contribution in [1.82, 2.24) is 14.8 Å². The maximum atomic E-state index is 12.0. The Morgan fingerprint density at radius 1 is 1.43 bits per heavy atom. The third-order valence-corrected chi connectivity index (χ3v) is 3.87. The Kier molecular flexibility index (Phi) is 5.21. The van der Waals surface area contributed by atoms with Gasteiger partial charge in [-0.25, -0.2) is 0 Å². The highest BCUT2D eigenvalue weighted by atomic mass is 32.2. The van der Waals surface area contributed by atoms with Crippen molar-refractivity contribution in [3.8, 4) is 5.75 Å². The minimum absolute atomic E-state index is 0.0865. The molecule has 0 saturated heterocycles. The van der Waals surface area contributed by atoms with E-state index in [9.17, 15) is 4.79 Å². The van der Waals surface area contributed by atoms with Crippen LogP contribution in [0.25, 0.3) is 0 Å². The molecule has 1 aromatic carbocycles. The van der Waals surface area contributed by atoms with Crippen molar-refractivity contribution in [2.75, 3.05) is 18.2 Å². The Bertz CT molecular complexity index is 627. The summed E-state index contributed by atoms with van der Waals surface area (Å²) in [6.45, 7) is 4.71. The first kappa shape index (κ1) is 15.4. The van der Waals surface area contributed by atoms with Gasteiger partial charge in [-0.1, -0.05) is 17.8 Å². The molecule has 0 atom stereocenters. The lowest BCUT2D eigenvalue weighted by atomic mass is 10.3. The van der Waals surface area contributed by atoms with E-state index in [1.807, 2.05) is 36.6 Å². The summed E-state index contributed by atoms with van der Waals surface area (Å²) in [6.07, 6.45) is 0. The van der Waals surface area contributed by atoms with Gasteiger partial charge in [-0.05, 0) is 26.0 Å². The molecule has 0 aliphatic rings. The van der Waals surface area contributed by atoms with Crippen LogP contribution in [0.5, 0.6) is 5.75 Å². The van der Waals surface area contributed by atoms with E-state index in [0.29, 0.717) is 11.4 Å². The molecule has 2 aromatic rings. The first-order valence-corrected chi connectivity index (χ1v) is 7.59. The number of hydrogen-bond donors (Lipinski definition) is 1. The van der Waals surface area contributed by atoms with Gasteiger partial charge < -0.3 is 14.6 Å². The fourth-order valence-corrected chi connectivity index (χ4v) is 2.71. The molecule has 0 bridgehead atoms. The van der Waals surface area contributed by atoms with Gasteiger partial charge in [-0.2, -0.15) is 0 Å². The van der Waals surface area contributed by atoms with Gasteiger partial charge in [0.2, 0.25) is 5.91 Å². The molecule has 0 unspecified atom stereocenters. The zero-order chi connectivity index (χ0) is 15.2. The second-order valence-corrected chi connectivity index (χ2v) is 5.29. The lowest BCUT2D eigenvalue weighted by Gasteiger charge is -2.07. The number of benzene rings is 1. The van der Waals surface area contributed by atoms with E-state index >= 15 is 0 Å². The van der Waals surface area contributed by atoms with Crippen molar-refractivity contribution in [3.63, 3.8) is 0 Å². The number of nitrogens with zero attached hydrogens (tertiary/aromatic N) is 3. The number of nitrogens with one attached hydrogen (secondary N) is 1. The molecule has 0 fully saturated rings. The van der Waals surface area contributed by atoms with Gasteiger partial charge in [-0.15, -0.1) is 10.2 Å². The Hall–Kier alpha value is -2.02. The lowest BCUT2D eigenvalue weighted by molar-refractivity contribution is -0.113. The summed E-state index contributed by atoms with van der Waals surface area (Å²) >= 11 is 1.38. The van der Waals surface area contributed by atoms with Gasteiger partial charge in [0.05, 0.1) is 12.9 Å². The van der Waals surface area contributed by atoms with Crippen LogP contribution in [0.1, 0.15) is 12.7 Å². The number of carbonyl (C=O) groups excluding carboxylic acids is 1. The van der Waals surface area contributed by atoms with Crippen LogP contribution in [0, 0.1) is 6.92 Å². The first-order chi connectivity index (χ1) is 10.1. The van der Waals surface area contributed by atoms with Crippen molar-refractivity contribution in [3.05, 3.63) is 30.1 Å². The minimum Gasteiger partial charge on any atom is -0.497 e. The molecule has 2 rings (SSSR count). The standard InChI is InChI=1S/C14H18N4O2S/c1-4-18-10(2)16-17-14(18)21-9-13(19)15-11-6-5-7-12(8-11)20-3/h5-8H,4,9H2,1-3H3,(H,15,19). The highest BCUT2D eigenvalue weighted by Gasteiger charge is 2.10. The topological polar surface area (TPSA) is 69.0 Å². The zero-order valence-corrected chi connectivity index (χ0v) is 13.1. The normalized spacial score (nSPS) is 10.4. The van der Waals surface area contributed by atoms with Gasteiger partial charge in [0.25, 0.3) is 0 Å². The molecule has 1 N–H and O–H groups in total. The van der Waals surface area contributed by atoms with E-state index in [0.717, 1.165) is 17.5 Å². The predicted octanol–water partition coefficient (Wildman–Crippen LogP) is 2.35. The third kappa shape index (κ3) is 3.98. The van der Waals surface area contributed by atoms with E-state index in [-0.39, 0.29) is 11.7 Å². The first-order valence-electron chi connectivity index (χ1n) is 6.60. The number of aryl methyl sites for hydroxylation is 1. The number of ether oxygens (including phenoxy) is 1. The highest BCUT2D eigenvalue weighted by Crippen LogP contribution is 2.19. The maximum absolute atomic E-state index is 12.0. The SMILES string of the molecule is CCn1c(C)nnc1SCC(=O)Nc1cccc(OC)c1. The second kappa shape index (κ2) is 7.12. The molecule has 1 aromatic heterocycles. The molecular formula is C14H18N4O2S. The number of amides is 1. The van der Waals surface area contributed by atoms with Crippen molar-refractivity contribution in [2.24, 2.45) is 0 Å². The third-order valence-electron chi connectivity index (χ3n) is 2.90. The maximum Gasteiger partial charge on any atom is 0.234 e. The quantitative estimate of drug-likeness (QED) is 0.830. The zero-order valence-electron chi connectivity index (χ0n) is 12.3. The largest absolute Gasteiger partial charge is 0.497 e. The van der Waals surface area contributed by atoms with Gasteiger partial charge in [-0.3, -0.25) is 4.79 Å². The summed E-state index contributed by atoms with van der Waals surface area (Å²) in [6, 6.07) is 7.26. The van der Waals surface area contributed by atoms with Crippen LogP contribution < -0.4 is 10.1 Å². The van der Waals surface area contributed by atoms with E-state index < -0.39 is 0 Å². The Morgan fingerprint density at radius 3 is 2.95 bits per heavy atom. The molecule has 21 heavy (non-hydrogen) atoms. The fourth-order valence-electron chi connectivity index (χ4n) is 1.86. The summed E-state index contributed by atoms with van der Waals surface area (Å²) in [5.74, 6) is 1.77. The van der Waals surface area contributed by atoms with Gasteiger partial charge in [0.15, 0.2) is 5.16 Å². The molecule has 6 nitrogen and oxygen atoms in total. The smallest absolute Gasteiger partial charge is 0.234 e. The molecular weight excluding hydrogens is 288 g/mol. The Balaban J connectivity index is 1.92. The number of thioether (sulfide) groups is 1. The van der Waals surface area contributed by atoms with Crippen molar-refractivity contribution in [1.29, 1.82) is 0 Å². The van der Waals surface area contributed by atoms with Gasteiger partial charge >= 0.3 is 0 Å². The molecule has 1 amide bonds. The van der Waals surface area contributed by atoms with Crippen molar-refractivity contribution >= 4 is 23.4 Å². The number of carbonyl (C=O) groups is 1. The van der Waals surface area contributed by atoms with Crippen LogP contribution in [-0.2, 0) is 11.3 Å². The summed E-state index contributed by atoms with van der Waals surface area (Å²) < 4.78 is 7.10. The molecule has 1 heterocycles. The number of methoxy groups -OCH3 is 1. The number of hydrogen-bond acceptors (Lipinski definition) is 5. The Labute approximate surface area is 127 Å². The second-order valence-electron chi connectivity index (χ2n) is 4.34. The van der Waals surface area contributed by atoms with Crippen LogP contribution >= 0.6 is 11.8 Å². The lowest BCUT2D eigenvalue weighted by Crippen LogP contribution is -2.14. The van der Waals surface area contributed by atoms with Crippen molar-refractivity contribution < 1.29 is 9.53 Å². The van der Waals surface area contributed by atoms with E-state index in [4.69, 9.17) is 4.74 Å². The van der Waals surface area contributed by atoms with E-state index in [2.05, 4.69) is 15.5 Å². The van der Waals surface area contributed by atoms with Crippen LogP contribution in [0.4, 0.5) is 5.69 Å². The molecule has 0 saturated carbocycles. The number of anilines is 1. The van der Waals surface area contributed by atoms with E-state index in [1.54, 1.807) is 13.2 Å². The van der Waals surface area contributed by atoms with Crippen LogP contribution in [-0.4, -0.2) is 33.5 Å². The monoisotopic (exact) mass is 306 g/mol. The predicted molar refractivity (Wildman–Crippen MR) is 82.8 cm³/mol. The average Bonchev–Trinajstić information content (AvgIpc) is 2.85. The van der Waals surface area contributed by atoms with Gasteiger partial charge in [0.1, 0.15) is 11.6 Å². The molecule has 0 radical (unpaired) electrons. The van der Waals surface area contributed by atoms with E-state index in [1.165, 1.54) is 11.8 Å². The summed E-state index contributed by atoms with van der Waals surface area (Å²) in [7, 11) is 1.59. The number of aromatic nitrogens is 3.